The van der Waals surface area contributed by atoms with Crippen molar-refractivity contribution in [2.75, 3.05) is 10.6 Å². The number of rotatable bonds is 4. The average molecular weight is 312 g/mol. The SMILES string of the molecule is Cc1cccc(Nc2cc(N[C@H]3CC[C@@](C)(O)CC3)ncn2)c1. The first-order valence-corrected chi connectivity index (χ1v) is 8.15. The summed E-state index contributed by atoms with van der Waals surface area (Å²) in [7, 11) is 0. The van der Waals surface area contributed by atoms with Crippen molar-refractivity contribution >= 4 is 17.3 Å². The highest BCUT2D eigenvalue weighted by molar-refractivity contribution is 5.59. The summed E-state index contributed by atoms with van der Waals surface area (Å²) in [6.07, 6.45) is 5.13. The molecular formula is C18H24N4O. The lowest BCUT2D eigenvalue weighted by Gasteiger charge is -2.33. The van der Waals surface area contributed by atoms with E-state index in [0.717, 1.165) is 43.0 Å². The second kappa shape index (κ2) is 6.54. The molecule has 0 aliphatic heterocycles. The van der Waals surface area contributed by atoms with E-state index in [1.54, 1.807) is 6.33 Å². The van der Waals surface area contributed by atoms with Crippen molar-refractivity contribution in [2.45, 2.75) is 51.2 Å². The minimum atomic E-state index is -0.512. The Labute approximate surface area is 137 Å². The van der Waals surface area contributed by atoms with Gasteiger partial charge in [0.1, 0.15) is 18.0 Å². The summed E-state index contributed by atoms with van der Waals surface area (Å²) in [6, 6.07) is 10.5. The molecule has 1 aliphatic rings. The van der Waals surface area contributed by atoms with Crippen LogP contribution in [0.15, 0.2) is 36.7 Å². The molecule has 2 aromatic rings. The highest BCUT2D eigenvalue weighted by atomic mass is 16.3. The Morgan fingerprint density at radius 3 is 2.61 bits per heavy atom. The molecule has 1 aromatic carbocycles. The summed E-state index contributed by atoms with van der Waals surface area (Å²) < 4.78 is 0. The van der Waals surface area contributed by atoms with Gasteiger partial charge in [-0.2, -0.15) is 0 Å². The van der Waals surface area contributed by atoms with Crippen molar-refractivity contribution in [1.29, 1.82) is 0 Å². The third kappa shape index (κ3) is 4.42. The Bertz CT molecular complexity index is 662. The summed E-state index contributed by atoms with van der Waals surface area (Å²) in [5, 5.41) is 16.8. The van der Waals surface area contributed by atoms with Crippen LogP contribution in [0, 0.1) is 6.92 Å². The zero-order valence-corrected chi connectivity index (χ0v) is 13.7. The van der Waals surface area contributed by atoms with Crippen LogP contribution in [-0.2, 0) is 0 Å². The van der Waals surface area contributed by atoms with Crippen LogP contribution in [0.4, 0.5) is 17.3 Å². The van der Waals surface area contributed by atoms with Crippen LogP contribution in [0.1, 0.15) is 38.2 Å². The fourth-order valence-electron chi connectivity index (χ4n) is 2.97. The lowest BCUT2D eigenvalue weighted by Crippen LogP contribution is -2.35. The number of hydrogen-bond donors (Lipinski definition) is 3. The van der Waals surface area contributed by atoms with Crippen molar-refractivity contribution in [3.8, 4) is 0 Å². The molecule has 1 heterocycles. The normalized spacial score (nSPS) is 24.2. The maximum atomic E-state index is 10.0. The van der Waals surface area contributed by atoms with Crippen molar-refractivity contribution in [3.05, 3.63) is 42.2 Å². The average Bonchev–Trinajstić information content (AvgIpc) is 2.50. The minimum Gasteiger partial charge on any atom is -0.390 e. The minimum absolute atomic E-state index is 0.358. The van der Waals surface area contributed by atoms with Crippen LogP contribution in [0.5, 0.6) is 0 Å². The summed E-state index contributed by atoms with van der Waals surface area (Å²) >= 11 is 0. The van der Waals surface area contributed by atoms with Crippen LogP contribution in [0.3, 0.4) is 0 Å². The number of aliphatic hydroxyl groups is 1. The van der Waals surface area contributed by atoms with E-state index in [2.05, 4.69) is 39.7 Å². The van der Waals surface area contributed by atoms with Gasteiger partial charge >= 0.3 is 0 Å². The number of aryl methyl sites for hydroxylation is 1. The number of nitrogens with zero attached hydrogens (tertiary/aromatic N) is 2. The van der Waals surface area contributed by atoms with E-state index in [0.29, 0.717) is 6.04 Å². The van der Waals surface area contributed by atoms with Crippen molar-refractivity contribution in [1.82, 2.24) is 9.97 Å². The third-order valence-electron chi connectivity index (χ3n) is 4.37. The predicted octanol–water partition coefficient (Wildman–Crippen LogP) is 3.63. The summed E-state index contributed by atoms with van der Waals surface area (Å²) in [4.78, 5) is 8.58. The molecule has 0 unspecified atom stereocenters. The first-order valence-electron chi connectivity index (χ1n) is 8.15. The van der Waals surface area contributed by atoms with Crippen LogP contribution < -0.4 is 10.6 Å². The molecule has 122 valence electrons. The van der Waals surface area contributed by atoms with E-state index >= 15 is 0 Å². The second-order valence-corrected chi connectivity index (χ2v) is 6.70. The highest BCUT2D eigenvalue weighted by Crippen LogP contribution is 2.29. The lowest BCUT2D eigenvalue weighted by atomic mass is 9.84. The maximum Gasteiger partial charge on any atom is 0.135 e. The summed E-state index contributed by atoms with van der Waals surface area (Å²) in [5.41, 5.74) is 1.71. The molecule has 5 heteroatoms. The van der Waals surface area contributed by atoms with Gasteiger partial charge in [0.2, 0.25) is 0 Å². The van der Waals surface area contributed by atoms with Gasteiger partial charge in [0.25, 0.3) is 0 Å². The molecule has 23 heavy (non-hydrogen) atoms. The molecule has 1 saturated carbocycles. The van der Waals surface area contributed by atoms with E-state index < -0.39 is 5.60 Å². The molecule has 1 fully saturated rings. The third-order valence-corrected chi connectivity index (χ3v) is 4.37. The molecule has 5 nitrogen and oxygen atoms in total. The Morgan fingerprint density at radius 2 is 1.87 bits per heavy atom. The predicted molar refractivity (Wildman–Crippen MR) is 93.0 cm³/mol. The quantitative estimate of drug-likeness (QED) is 0.804. The second-order valence-electron chi connectivity index (χ2n) is 6.70. The number of nitrogens with one attached hydrogen (secondary N) is 2. The zero-order valence-electron chi connectivity index (χ0n) is 13.7. The number of anilines is 3. The van der Waals surface area contributed by atoms with Gasteiger partial charge in [0, 0.05) is 17.8 Å². The van der Waals surface area contributed by atoms with Gasteiger partial charge in [-0.25, -0.2) is 9.97 Å². The van der Waals surface area contributed by atoms with Crippen LogP contribution in [-0.4, -0.2) is 26.7 Å². The molecular weight excluding hydrogens is 288 g/mol. The van der Waals surface area contributed by atoms with Crippen molar-refractivity contribution < 1.29 is 5.11 Å². The first-order chi connectivity index (χ1) is 11.0. The van der Waals surface area contributed by atoms with E-state index in [1.165, 1.54) is 5.56 Å². The molecule has 0 atom stereocenters. The van der Waals surface area contributed by atoms with Crippen molar-refractivity contribution in [3.63, 3.8) is 0 Å². The topological polar surface area (TPSA) is 70.1 Å². The van der Waals surface area contributed by atoms with Crippen LogP contribution >= 0.6 is 0 Å². The van der Waals surface area contributed by atoms with Gasteiger partial charge in [-0.15, -0.1) is 0 Å². The number of benzene rings is 1. The molecule has 0 saturated heterocycles. The van der Waals surface area contributed by atoms with Crippen LogP contribution in [0.2, 0.25) is 0 Å². The Balaban J connectivity index is 1.63. The standard InChI is InChI=1S/C18H24N4O/c1-13-4-3-5-15(10-13)22-17-11-16(19-12-20-17)21-14-6-8-18(2,23)9-7-14/h3-5,10-12,14,23H,6-9H2,1-2H3,(H2,19,20,21,22)/t14-,18+. The molecule has 3 N–H and O–H groups in total. The monoisotopic (exact) mass is 312 g/mol. The molecule has 1 aromatic heterocycles. The lowest BCUT2D eigenvalue weighted by molar-refractivity contribution is 0.0196. The van der Waals surface area contributed by atoms with Gasteiger partial charge in [0.05, 0.1) is 5.60 Å². The Morgan fingerprint density at radius 1 is 1.13 bits per heavy atom. The molecule has 0 bridgehead atoms. The zero-order chi connectivity index (χ0) is 16.3. The highest BCUT2D eigenvalue weighted by Gasteiger charge is 2.28. The molecule has 0 amide bonds. The number of hydrogen-bond acceptors (Lipinski definition) is 5. The molecule has 1 aliphatic carbocycles. The van der Waals surface area contributed by atoms with Gasteiger partial charge in [-0.1, -0.05) is 12.1 Å². The molecule has 0 spiro atoms. The van der Waals surface area contributed by atoms with Gasteiger partial charge < -0.3 is 15.7 Å². The fraction of sp³-hybridized carbons (Fsp3) is 0.444. The Kier molecular flexibility index (Phi) is 4.48. The summed E-state index contributed by atoms with van der Waals surface area (Å²) in [5.74, 6) is 1.60. The van der Waals surface area contributed by atoms with E-state index in [9.17, 15) is 5.11 Å². The van der Waals surface area contributed by atoms with Crippen LogP contribution in [0.25, 0.3) is 0 Å². The van der Waals surface area contributed by atoms with E-state index in [-0.39, 0.29) is 0 Å². The van der Waals surface area contributed by atoms with E-state index in [4.69, 9.17) is 0 Å². The van der Waals surface area contributed by atoms with Gasteiger partial charge in [0.15, 0.2) is 0 Å². The van der Waals surface area contributed by atoms with Crippen molar-refractivity contribution in [2.24, 2.45) is 0 Å². The Hall–Kier alpha value is -2.14. The van der Waals surface area contributed by atoms with Gasteiger partial charge in [-0.3, -0.25) is 0 Å². The molecule has 0 radical (unpaired) electrons. The summed E-state index contributed by atoms with van der Waals surface area (Å²) in [6.45, 7) is 3.98. The largest absolute Gasteiger partial charge is 0.390 e. The molecule has 3 rings (SSSR count). The van der Waals surface area contributed by atoms with Gasteiger partial charge in [-0.05, 0) is 57.2 Å². The number of aromatic nitrogens is 2. The first kappa shape index (κ1) is 15.7. The van der Waals surface area contributed by atoms with E-state index in [1.807, 2.05) is 25.1 Å². The smallest absolute Gasteiger partial charge is 0.135 e. The fourth-order valence-corrected chi connectivity index (χ4v) is 2.97. The maximum absolute atomic E-state index is 10.0.